The van der Waals surface area contributed by atoms with Crippen molar-refractivity contribution in [2.75, 3.05) is 0 Å². The van der Waals surface area contributed by atoms with Crippen molar-refractivity contribution in [3.63, 3.8) is 0 Å². The van der Waals surface area contributed by atoms with E-state index in [-0.39, 0.29) is 11.8 Å². The van der Waals surface area contributed by atoms with Crippen LogP contribution in [-0.4, -0.2) is 20.9 Å². The fourth-order valence-corrected chi connectivity index (χ4v) is 3.27. The lowest BCUT2D eigenvalue weighted by Gasteiger charge is -2.33. The van der Waals surface area contributed by atoms with Crippen LogP contribution in [-0.2, 0) is 17.8 Å². The van der Waals surface area contributed by atoms with E-state index in [4.69, 9.17) is 0 Å². The Morgan fingerprint density at radius 3 is 2.84 bits per heavy atom. The lowest BCUT2D eigenvalue weighted by molar-refractivity contribution is -0.145. The maximum Gasteiger partial charge on any atom is 0.306 e. The standard InChI is InChI=1S/C15H24N2O2/c1-3-11-5-6-14(15(18)19)13(7-11)8-12-9-16-17(4-2)10-12/h9-11,13-14H,3-8H2,1-2H3,(H,18,19). The van der Waals surface area contributed by atoms with Crippen molar-refractivity contribution in [2.45, 2.75) is 52.5 Å². The van der Waals surface area contributed by atoms with Gasteiger partial charge in [-0.05, 0) is 50.0 Å². The number of hydrogen-bond acceptors (Lipinski definition) is 2. The van der Waals surface area contributed by atoms with Crippen LogP contribution >= 0.6 is 0 Å². The SMILES string of the molecule is CCC1CCC(C(=O)O)C(Cc2cnn(CC)c2)C1. The summed E-state index contributed by atoms with van der Waals surface area (Å²) in [4.78, 5) is 11.4. The number of nitrogens with zero attached hydrogens (tertiary/aromatic N) is 2. The maximum atomic E-state index is 11.4. The summed E-state index contributed by atoms with van der Waals surface area (Å²) in [5, 5.41) is 13.7. The molecule has 1 N–H and O–H groups in total. The minimum absolute atomic E-state index is 0.173. The average Bonchev–Trinajstić information content (AvgIpc) is 2.86. The Morgan fingerprint density at radius 1 is 1.47 bits per heavy atom. The first-order chi connectivity index (χ1) is 9.13. The molecule has 0 bridgehead atoms. The summed E-state index contributed by atoms with van der Waals surface area (Å²) in [5.74, 6) is 0.169. The molecule has 3 unspecified atom stereocenters. The zero-order valence-corrected chi connectivity index (χ0v) is 11.9. The van der Waals surface area contributed by atoms with Crippen molar-refractivity contribution in [1.82, 2.24) is 9.78 Å². The van der Waals surface area contributed by atoms with Gasteiger partial charge in [0.25, 0.3) is 0 Å². The first-order valence-corrected chi connectivity index (χ1v) is 7.38. The molecule has 1 saturated carbocycles. The summed E-state index contributed by atoms with van der Waals surface area (Å²) in [7, 11) is 0. The average molecular weight is 264 g/mol. The lowest BCUT2D eigenvalue weighted by Crippen LogP contribution is -2.31. The van der Waals surface area contributed by atoms with Gasteiger partial charge in [-0.15, -0.1) is 0 Å². The summed E-state index contributed by atoms with van der Waals surface area (Å²) < 4.78 is 1.91. The Bertz CT molecular complexity index is 428. The van der Waals surface area contributed by atoms with E-state index in [0.29, 0.717) is 5.92 Å². The minimum Gasteiger partial charge on any atom is -0.481 e. The van der Waals surface area contributed by atoms with E-state index in [2.05, 4.69) is 25.1 Å². The normalized spacial score (nSPS) is 27.4. The molecule has 0 radical (unpaired) electrons. The van der Waals surface area contributed by atoms with Gasteiger partial charge in [0.1, 0.15) is 0 Å². The number of aromatic nitrogens is 2. The lowest BCUT2D eigenvalue weighted by atomic mass is 9.71. The highest BCUT2D eigenvalue weighted by Gasteiger charge is 2.34. The highest BCUT2D eigenvalue weighted by Crippen LogP contribution is 2.37. The van der Waals surface area contributed by atoms with Crippen LogP contribution in [0.15, 0.2) is 12.4 Å². The molecule has 1 aliphatic carbocycles. The van der Waals surface area contributed by atoms with Crippen LogP contribution in [0.4, 0.5) is 0 Å². The van der Waals surface area contributed by atoms with Crippen LogP contribution in [0.25, 0.3) is 0 Å². The monoisotopic (exact) mass is 264 g/mol. The molecular weight excluding hydrogens is 240 g/mol. The number of hydrogen-bond donors (Lipinski definition) is 1. The fourth-order valence-electron chi connectivity index (χ4n) is 3.27. The Kier molecular flexibility index (Phi) is 4.61. The molecule has 1 heterocycles. The summed E-state index contributed by atoms with van der Waals surface area (Å²) in [6.07, 6.45) is 8.90. The Morgan fingerprint density at radius 2 is 2.26 bits per heavy atom. The van der Waals surface area contributed by atoms with E-state index < -0.39 is 5.97 Å². The van der Waals surface area contributed by atoms with Gasteiger partial charge in [-0.3, -0.25) is 9.48 Å². The van der Waals surface area contributed by atoms with Gasteiger partial charge < -0.3 is 5.11 Å². The first-order valence-electron chi connectivity index (χ1n) is 7.38. The van der Waals surface area contributed by atoms with Crippen molar-refractivity contribution in [1.29, 1.82) is 0 Å². The van der Waals surface area contributed by atoms with Crippen molar-refractivity contribution in [2.24, 2.45) is 17.8 Å². The van der Waals surface area contributed by atoms with Crippen LogP contribution in [0.3, 0.4) is 0 Å². The van der Waals surface area contributed by atoms with Crippen LogP contribution in [0.2, 0.25) is 0 Å². The van der Waals surface area contributed by atoms with Gasteiger partial charge in [0.2, 0.25) is 0 Å². The predicted octanol–water partition coefficient (Wildman–Crippen LogP) is 2.97. The number of aryl methyl sites for hydroxylation is 1. The summed E-state index contributed by atoms with van der Waals surface area (Å²) >= 11 is 0. The van der Waals surface area contributed by atoms with Gasteiger partial charge in [-0.1, -0.05) is 13.3 Å². The van der Waals surface area contributed by atoms with E-state index in [1.165, 1.54) is 5.56 Å². The van der Waals surface area contributed by atoms with Crippen molar-refractivity contribution in [3.8, 4) is 0 Å². The van der Waals surface area contributed by atoms with Gasteiger partial charge >= 0.3 is 5.97 Å². The van der Waals surface area contributed by atoms with E-state index in [9.17, 15) is 9.90 Å². The van der Waals surface area contributed by atoms with Crippen LogP contribution in [0.1, 0.15) is 45.1 Å². The van der Waals surface area contributed by atoms with E-state index in [1.807, 2.05) is 10.9 Å². The van der Waals surface area contributed by atoms with E-state index >= 15 is 0 Å². The quantitative estimate of drug-likeness (QED) is 0.889. The third-order valence-electron chi connectivity index (χ3n) is 4.49. The van der Waals surface area contributed by atoms with Crippen LogP contribution < -0.4 is 0 Å². The molecule has 4 heteroatoms. The van der Waals surface area contributed by atoms with Crippen LogP contribution in [0.5, 0.6) is 0 Å². The van der Waals surface area contributed by atoms with Gasteiger partial charge in [-0.2, -0.15) is 5.10 Å². The first kappa shape index (κ1) is 14.1. The Hall–Kier alpha value is -1.32. The second kappa shape index (κ2) is 6.22. The smallest absolute Gasteiger partial charge is 0.306 e. The Labute approximate surface area is 114 Å². The molecule has 1 aromatic rings. The number of aliphatic carboxylic acids is 1. The minimum atomic E-state index is -0.623. The molecule has 0 aliphatic heterocycles. The summed E-state index contributed by atoms with van der Waals surface area (Å²) in [6.45, 7) is 5.13. The summed E-state index contributed by atoms with van der Waals surface area (Å²) in [6, 6.07) is 0. The molecular formula is C15H24N2O2. The van der Waals surface area contributed by atoms with Crippen molar-refractivity contribution in [3.05, 3.63) is 18.0 Å². The second-order valence-corrected chi connectivity index (χ2v) is 5.70. The van der Waals surface area contributed by atoms with E-state index in [0.717, 1.165) is 38.6 Å². The molecule has 19 heavy (non-hydrogen) atoms. The summed E-state index contributed by atoms with van der Waals surface area (Å²) in [5.41, 5.74) is 1.18. The van der Waals surface area contributed by atoms with Crippen molar-refractivity contribution >= 4 is 5.97 Å². The molecule has 4 nitrogen and oxygen atoms in total. The number of carboxylic acid groups (broad SMARTS) is 1. The Balaban J connectivity index is 2.06. The molecule has 3 atom stereocenters. The molecule has 1 aromatic heterocycles. The van der Waals surface area contributed by atoms with E-state index in [1.54, 1.807) is 0 Å². The molecule has 106 valence electrons. The topological polar surface area (TPSA) is 55.1 Å². The molecule has 0 saturated heterocycles. The van der Waals surface area contributed by atoms with Gasteiger partial charge in [-0.25, -0.2) is 0 Å². The predicted molar refractivity (Wildman–Crippen MR) is 73.9 cm³/mol. The third-order valence-corrected chi connectivity index (χ3v) is 4.49. The van der Waals surface area contributed by atoms with Gasteiger partial charge in [0.15, 0.2) is 0 Å². The number of carbonyl (C=O) groups is 1. The fraction of sp³-hybridized carbons (Fsp3) is 0.733. The second-order valence-electron chi connectivity index (χ2n) is 5.70. The largest absolute Gasteiger partial charge is 0.481 e. The van der Waals surface area contributed by atoms with Gasteiger partial charge in [0.05, 0.1) is 12.1 Å². The zero-order valence-electron chi connectivity index (χ0n) is 11.9. The zero-order chi connectivity index (χ0) is 13.8. The van der Waals surface area contributed by atoms with Crippen LogP contribution in [0, 0.1) is 17.8 Å². The number of carboxylic acids is 1. The molecule has 0 amide bonds. The van der Waals surface area contributed by atoms with Crippen molar-refractivity contribution < 1.29 is 9.90 Å². The highest BCUT2D eigenvalue weighted by molar-refractivity contribution is 5.70. The maximum absolute atomic E-state index is 11.4. The molecule has 0 spiro atoms. The highest BCUT2D eigenvalue weighted by atomic mass is 16.4. The third kappa shape index (κ3) is 3.37. The number of rotatable bonds is 5. The molecule has 2 rings (SSSR count). The molecule has 1 aliphatic rings. The van der Waals surface area contributed by atoms with Gasteiger partial charge in [0, 0.05) is 12.7 Å². The molecule has 1 fully saturated rings. The molecule has 0 aromatic carbocycles.